The first kappa shape index (κ1) is 18.1. The van der Waals surface area contributed by atoms with Gasteiger partial charge in [-0.1, -0.05) is 6.07 Å². The van der Waals surface area contributed by atoms with E-state index in [1.54, 1.807) is 0 Å². The molecule has 2 heterocycles. The van der Waals surface area contributed by atoms with Crippen LogP contribution in [-0.2, 0) is 6.54 Å². The highest BCUT2D eigenvalue weighted by molar-refractivity contribution is 5.74. The maximum Gasteiger partial charge on any atom is 0.317 e. The number of hydrogen-bond donors (Lipinski definition) is 1. The number of hydrogen-bond acceptors (Lipinski definition) is 4. The molecule has 0 spiro atoms. The summed E-state index contributed by atoms with van der Waals surface area (Å²) in [4.78, 5) is 23.6. The van der Waals surface area contributed by atoms with E-state index >= 15 is 0 Å². The van der Waals surface area contributed by atoms with Crippen LogP contribution in [0.5, 0.6) is 0 Å². The molecular formula is C19H31N5O. The van der Waals surface area contributed by atoms with E-state index in [0.29, 0.717) is 12.1 Å². The van der Waals surface area contributed by atoms with Gasteiger partial charge in [0.1, 0.15) is 0 Å². The molecule has 1 N–H and O–H groups in total. The Bertz CT molecular complexity index is 542. The van der Waals surface area contributed by atoms with Crippen molar-refractivity contribution in [1.82, 2.24) is 25.0 Å². The largest absolute Gasteiger partial charge is 0.335 e. The molecule has 1 saturated carbocycles. The van der Waals surface area contributed by atoms with Gasteiger partial charge in [-0.15, -0.1) is 0 Å². The Morgan fingerprint density at radius 1 is 1.24 bits per heavy atom. The van der Waals surface area contributed by atoms with Gasteiger partial charge in [-0.2, -0.15) is 0 Å². The first-order valence-corrected chi connectivity index (χ1v) is 9.46. The first-order valence-electron chi connectivity index (χ1n) is 9.46. The standard InChI is InChI=1S/C19H31N5O/c1-22(2)18-8-5-7-16(14-18)21-19(25)24-12-10-23(11-13-24)15-17-6-3-4-9-20-17/h3-4,6,9,16,18H,5,7-8,10-15H2,1-2H3,(H,21,25)/t16-,18+/m1/s1. The maximum atomic E-state index is 12.6. The Morgan fingerprint density at radius 2 is 2.04 bits per heavy atom. The fraction of sp³-hybridized carbons (Fsp3) is 0.684. The zero-order chi connectivity index (χ0) is 17.6. The second-order valence-electron chi connectivity index (χ2n) is 7.51. The predicted octanol–water partition coefficient (Wildman–Crippen LogP) is 1.78. The smallest absolute Gasteiger partial charge is 0.317 e. The summed E-state index contributed by atoms with van der Waals surface area (Å²) in [5.74, 6) is 0. The van der Waals surface area contributed by atoms with Crippen molar-refractivity contribution in [1.29, 1.82) is 0 Å². The lowest BCUT2D eigenvalue weighted by Crippen LogP contribution is -2.54. The van der Waals surface area contributed by atoms with Gasteiger partial charge in [-0.25, -0.2) is 4.79 Å². The molecule has 2 atom stereocenters. The van der Waals surface area contributed by atoms with Crippen molar-refractivity contribution in [3.8, 4) is 0 Å². The second-order valence-corrected chi connectivity index (χ2v) is 7.51. The van der Waals surface area contributed by atoms with Crippen LogP contribution >= 0.6 is 0 Å². The minimum absolute atomic E-state index is 0.113. The molecule has 1 aromatic heterocycles. The Kier molecular flexibility index (Phi) is 6.26. The molecule has 1 aliphatic carbocycles. The third-order valence-corrected chi connectivity index (χ3v) is 5.48. The van der Waals surface area contributed by atoms with Crippen LogP contribution < -0.4 is 5.32 Å². The van der Waals surface area contributed by atoms with Gasteiger partial charge in [0, 0.05) is 51.0 Å². The summed E-state index contributed by atoms with van der Waals surface area (Å²) >= 11 is 0. The van der Waals surface area contributed by atoms with Crippen LogP contribution in [0.15, 0.2) is 24.4 Å². The molecule has 1 aromatic rings. The first-order chi connectivity index (χ1) is 12.1. The fourth-order valence-electron chi connectivity index (χ4n) is 3.86. The van der Waals surface area contributed by atoms with E-state index in [-0.39, 0.29) is 6.03 Å². The monoisotopic (exact) mass is 345 g/mol. The fourth-order valence-corrected chi connectivity index (χ4v) is 3.86. The number of carbonyl (C=O) groups is 1. The quantitative estimate of drug-likeness (QED) is 0.904. The van der Waals surface area contributed by atoms with E-state index in [0.717, 1.165) is 51.3 Å². The summed E-state index contributed by atoms with van der Waals surface area (Å²) in [6, 6.07) is 7.05. The summed E-state index contributed by atoms with van der Waals surface area (Å²) < 4.78 is 0. The van der Waals surface area contributed by atoms with Gasteiger partial charge in [0.2, 0.25) is 0 Å². The van der Waals surface area contributed by atoms with Crippen molar-refractivity contribution >= 4 is 6.03 Å². The Labute approximate surface area is 151 Å². The van der Waals surface area contributed by atoms with Gasteiger partial charge in [0.25, 0.3) is 0 Å². The summed E-state index contributed by atoms with van der Waals surface area (Å²) in [6.45, 7) is 4.28. The minimum atomic E-state index is 0.113. The predicted molar refractivity (Wildman–Crippen MR) is 99.3 cm³/mol. The molecule has 25 heavy (non-hydrogen) atoms. The van der Waals surface area contributed by atoms with Gasteiger partial charge >= 0.3 is 6.03 Å². The molecule has 6 heteroatoms. The van der Waals surface area contributed by atoms with Crippen molar-refractivity contribution in [2.24, 2.45) is 0 Å². The number of nitrogens with zero attached hydrogens (tertiary/aromatic N) is 4. The van der Waals surface area contributed by atoms with Crippen molar-refractivity contribution in [3.05, 3.63) is 30.1 Å². The van der Waals surface area contributed by atoms with Crippen LogP contribution in [0.25, 0.3) is 0 Å². The van der Waals surface area contributed by atoms with Crippen LogP contribution in [0.2, 0.25) is 0 Å². The van der Waals surface area contributed by atoms with Gasteiger partial charge in [0.15, 0.2) is 0 Å². The molecule has 0 bridgehead atoms. The molecule has 1 saturated heterocycles. The van der Waals surface area contributed by atoms with Gasteiger partial charge in [0.05, 0.1) is 5.69 Å². The molecule has 0 unspecified atom stereocenters. The van der Waals surface area contributed by atoms with Gasteiger partial charge < -0.3 is 15.1 Å². The SMILES string of the molecule is CN(C)[C@H]1CCC[C@@H](NC(=O)N2CCN(Cc3ccccn3)CC2)C1. The average Bonchev–Trinajstić information content (AvgIpc) is 2.63. The van der Waals surface area contributed by atoms with Crippen molar-refractivity contribution < 1.29 is 4.79 Å². The summed E-state index contributed by atoms with van der Waals surface area (Å²) in [6.07, 6.45) is 6.45. The second kappa shape index (κ2) is 8.63. The van der Waals surface area contributed by atoms with Crippen LogP contribution in [-0.4, -0.2) is 78.1 Å². The molecule has 2 aliphatic rings. The van der Waals surface area contributed by atoms with Crippen molar-refractivity contribution in [3.63, 3.8) is 0 Å². The van der Waals surface area contributed by atoms with Crippen LogP contribution in [0.4, 0.5) is 4.79 Å². The van der Waals surface area contributed by atoms with Crippen LogP contribution in [0, 0.1) is 0 Å². The van der Waals surface area contributed by atoms with Gasteiger partial charge in [-0.05, 0) is 51.9 Å². The number of nitrogens with one attached hydrogen (secondary N) is 1. The highest BCUT2D eigenvalue weighted by Crippen LogP contribution is 2.21. The summed E-state index contributed by atoms with van der Waals surface area (Å²) in [5, 5.41) is 3.27. The van der Waals surface area contributed by atoms with Crippen molar-refractivity contribution in [2.45, 2.75) is 44.3 Å². The highest BCUT2D eigenvalue weighted by atomic mass is 16.2. The molecule has 0 radical (unpaired) electrons. The zero-order valence-corrected chi connectivity index (χ0v) is 15.5. The molecule has 138 valence electrons. The number of amides is 2. The number of piperazine rings is 1. The summed E-state index contributed by atoms with van der Waals surface area (Å²) in [5.41, 5.74) is 1.09. The molecule has 2 fully saturated rings. The minimum Gasteiger partial charge on any atom is -0.335 e. The number of carbonyl (C=O) groups excluding carboxylic acids is 1. The lowest BCUT2D eigenvalue weighted by Gasteiger charge is -2.37. The molecule has 1 aliphatic heterocycles. The van der Waals surface area contributed by atoms with E-state index in [1.165, 1.54) is 12.8 Å². The molecule has 6 nitrogen and oxygen atoms in total. The third-order valence-electron chi connectivity index (χ3n) is 5.48. The lowest BCUT2D eigenvalue weighted by molar-refractivity contribution is 0.127. The Hall–Kier alpha value is -1.66. The lowest BCUT2D eigenvalue weighted by atomic mass is 9.90. The molecular weight excluding hydrogens is 314 g/mol. The normalized spacial score (nSPS) is 25.2. The van der Waals surface area contributed by atoms with Crippen molar-refractivity contribution in [2.75, 3.05) is 40.3 Å². The Morgan fingerprint density at radius 3 is 2.72 bits per heavy atom. The number of aromatic nitrogens is 1. The molecule has 2 amide bonds. The van der Waals surface area contributed by atoms with Crippen LogP contribution in [0.1, 0.15) is 31.4 Å². The number of pyridine rings is 1. The molecule has 3 rings (SSSR count). The highest BCUT2D eigenvalue weighted by Gasteiger charge is 2.27. The zero-order valence-electron chi connectivity index (χ0n) is 15.5. The van der Waals surface area contributed by atoms with Crippen LogP contribution in [0.3, 0.4) is 0 Å². The van der Waals surface area contributed by atoms with E-state index < -0.39 is 0 Å². The van der Waals surface area contributed by atoms with Gasteiger partial charge in [-0.3, -0.25) is 9.88 Å². The number of rotatable bonds is 4. The Balaban J connectivity index is 1.42. The maximum absolute atomic E-state index is 12.6. The number of urea groups is 1. The average molecular weight is 345 g/mol. The van der Waals surface area contributed by atoms with E-state index in [9.17, 15) is 4.79 Å². The third kappa shape index (κ3) is 5.16. The summed E-state index contributed by atoms with van der Waals surface area (Å²) in [7, 11) is 4.27. The molecule has 0 aromatic carbocycles. The topological polar surface area (TPSA) is 51.7 Å². The van der Waals surface area contributed by atoms with E-state index in [4.69, 9.17) is 0 Å². The van der Waals surface area contributed by atoms with E-state index in [2.05, 4.69) is 40.3 Å². The van der Waals surface area contributed by atoms with E-state index in [1.807, 2.05) is 23.2 Å².